The molecule has 5 nitrogen and oxygen atoms in total. The van der Waals surface area contributed by atoms with Gasteiger partial charge in [-0.3, -0.25) is 4.98 Å². The summed E-state index contributed by atoms with van der Waals surface area (Å²) in [7, 11) is 3.05. The van der Waals surface area contributed by atoms with E-state index >= 15 is 0 Å². The van der Waals surface area contributed by atoms with Crippen LogP contribution in [0.2, 0.25) is 0 Å². The van der Waals surface area contributed by atoms with E-state index in [0.29, 0.717) is 17.2 Å². The zero-order valence-electron chi connectivity index (χ0n) is 8.19. The molecule has 14 heavy (non-hydrogen) atoms. The van der Waals surface area contributed by atoms with Crippen molar-refractivity contribution in [3.63, 3.8) is 0 Å². The number of aliphatic hydroxyl groups is 1. The molecule has 0 radical (unpaired) electrons. The summed E-state index contributed by atoms with van der Waals surface area (Å²) in [6, 6.07) is 1.61. The van der Waals surface area contributed by atoms with E-state index in [1.807, 2.05) is 0 Å². The molecule has 1 aromatic rings. The van der Waals surface area contributed by atoms with Crippen LogP contribution in [0.1, 0.15) is 5.69 Å². The van der Waals surface area contributed by atoms with Crippen LogP contribution in [0.25, 0.3) is 0 Å². The molecule has 1 rings (SSSR count). The number of hydrogen-bond donors (Lipinski definition) is 1. The highest BCUT2D eigenvalue weighted by molar-refractivity contribution is 5.38. The molecule has 78 valence electrons. The van der Waals surface area contributed by atoms with Gasteiger partial charge in [0.2, 0.25) is 0 Å². The van der Waals surface area contributed by atoms with E-state index in [2.05, 4.69) is 4.98 Å². The van der Waals surface area contributed by atoms with Gasteiger partial charge in [-0.25, -0.2) is 0 Å². The van der Waals surface area contributed by atoms with Gasteiger partial charge in [0.15, 0.2) is 18.3 Å². The molecule has 0 saturated heterocycles. The van der Waals surface area contributed by atoms with E-state index in [-0.39, 0.29) is 13.4 Å². The minimum absolute atomic E-state index is 0.130. The summed E-state index contributed by atoms with van der Waals surface area (Å²) in [4.78, 5) is 3.94. The Labute approximate surface area is 82.2 Å². The van der Waals surface area contributed by atoms with Crippen molar-refractivity contribution >= 4 is 0 Å². The van der Waals surface area contributed by atoms with Crippen molar-refractivity contribution in [1.29, 1.82) is 0 Å². The molecule has 0 saturated carbocycles. The standard InChI is InChI=1S/C9H13NO4/c1-12-6-14-8-3-7(5-11)10-4-9(8)13-2/h3-4,11H,5-6H2,1-2H3. The molecule has 0 spiro atoms. The van der Waals surface area contributed by atoms with Crippen molar-refractivity contribution in [3.05, 3.63) is 18.0 Å². The SMILES string of the molecule is COCOc1cc(CO)ncc1OC. The van der Waals surface area contributed by atoms with Gasteiger partial charge in [-0.15, -0.1) is 0 Å². The fourth-order valence-electron chi connectivity index (χ4n) is 0.940. The molecular formula is C9H13NO4. The monoisotopic (exact) mass is 199 g/mol. The Morgan fingerprint density at radius 2 is 2.14 bits per heavy atom. The summed E-state index contributed by atoms with van der Waals surface area (Å²) in [6.45, 7) is -0.00141. The minimum Gasteiger partial charge on any atom is -0.491 e. The van der Waals surface area contributed by atoms with Crippen LogP contribution in [-0.2, 0) is 11.3 Å². The van der Waals surface area contributed by atoms with Crippen molar-refractivity contribution in [2.24, 2.45) is 0 Å². The van der Waals surface area contributed by atoms with Crippen molar-refractivity contribution in [1.82, 2.24) is 4.98 Å². The van der Waals surface area contributed by atoms with Crippen molar-refractivity contribution in [2.45, 2.75) is 6.61 Å². The van der Waals surface area contributed by atoms with Crippen LogP contribution >= 0.6 is 0 Å². The van der Waals surface area contributed by atoms with Gasteiger partial charge in [0.1, 0.15) is 0 Å². The minimum atomic E-state index is -0.132. The summed E-state index contributed by atoms with van der Waals surface area (Å²) < 4.78 is 15.0. The van der Waals surface area contributed by atoms with Crippen LogP contribution in [0, 0.1) is 0 Å². The van der Waals surface area contributed by atoms with E-state index < -0.39 is 0 Å². The van der Waals surface area contributed by atoms with Gasteiger partial charge in [-0.2, -0.15) is 0 Å². The summed E-state index contributed by atoms with van der Waals surface area (Å²) in [6.07, 6.45) is 1.50. The van der Waals surface area contributed by atoms with Gasteiger partial charge in [0.05, 0.1) is 25.6 Å². The molecule has 0 aliphatic heterocycles. The van der Waals surface area contributed by atoms with E-state index in [9.17, 15) is 0 Å². The number of rotatable bonds is 5. The highest BCUT2D eigenvalue weighted by atomic mass is 16.7. The van der Waals surface area contributed by atoms with Gasteiger partial charge in [-0.05, 0) is 0 Å². The van der Waals surface area contributed by atoms with Crippen LogP contribution in [0.5, 0.6) is 11.5 Å². The highest BCUT2D eigenvalue weighted by Gasteiger charge is 2.06. The van der Waals surface area contributed by atoms with Crippen molar-refractivity contribution in [2.75, 3.05) is 21.0 Å². The number of methoxy groups -OCH3 is 2. The quantitative estimate of drug-likeness (QED) is 0.702. The maximum atomic E-state index is 8.86. The van der Waals surface area contributed by atoms with E-state index in [4.69, 9.17) is 19.3 Å². The normalized spacial score (nSPS) is 9.93. The first-order chi connectivity index (χ1) is 6.81. The number of nitrogens with zero attached hydrogens (tertiary/aromatic N) is 1. The molecule has 0 bridgehead atoms. The Kier molecular flexibility index (Phi) is 4.15. The Morgan fingerprint density at radius 1 is 1.36 bits per heavy atom. The first kappa shape index (κ1) is 10.7. The van der Waals surface area contributed by atoms with Crippen molar-refractivity contribution in [3.8, 4) is 11.5 Å². The van der Waals surface area contributed by atoms with E-state index in [0.717, 1.165) is 0 Å². The molecule has 0 aliphatic rings. The predicted octanol–water partition coefficient (Wildman–Crippen LogP) is 0.565. The largest absolute Gasteiger partial charge is 0.491 e. The average molecular weight is 199 g/mol. The maximum absolute atomic E-state index is 8.86. The third kappa shape index (κ3) is 2.58. The van der Waals surface area contributed by atoms with Gasteiger partial charge in [0, 0.05) is 13.2 Å². The molecule has 0 atom stereocenters. The molecule has 0 aliphatic carbocycles. The van der Waals surface area contributed by atoms with Gasteiger partial charge in [-0.1, -0.05) is 0 Å². The molecule has 0 unspecified atom stereocenters. The first-order valence-corrected chi connectivity index (χ1v) is 4.07. The Hall–Kier alpha value is -1.33. The fraction of sp³-hybridized carbons (Fsp3) is 0.444. The van der Waals surface area contributed by atoms with Crippen LogP contribution in [-0.4, -0.2) is 31.1 Å². The average Bonchev–Trinajstić information content (AvgIpc) is 2.25. The second-order valence-electron chi connectivity index (χ2n) is 2.54. The topological polar surface area (TPSA) is 60.8 Å². The molecule has 1 heterocycles. The summed E-state index contributed by atoms with van der Waals surface area (Å²) >= 11 is 0. The summed E-state index contributed by atoms with van der Waals surface area (Å²) in [5.74, 6) is 1.02. The Balaban J connectivity index is 2.84. The number of pyridine rings is 1. The molecule has 1 aromatic heterocycles. The van der Waals surface area contributed by atoms with Crippen LogP contribution in [0.3, 0.4) is 0 Å². The number of hydrogen-bond acceptors (Lipinski definition) is 5. The van der Waals surface area contributed by atoms with Crippen LogP contribution in [0.4, 0.5) is 0 Å². The van der Waals surface area contributed by atoms with Crippen molar-refractivity contribution < 1.29 is 19.3 Å². The third-order valence-corrected chi connectivity index (χ3v) is 1.60. The lowest BCUT2D eigenvalue weighted by Crippen LogP contribution is -2.02. The van der Waals surface area contributed by atoms with Gasteiger partial charge in [0.25, 0.3) is 0 Å². The molecule has 1 N–H and O–H groups in total. The lowest BCUT2D eigenvalue weighted by atomic mass is 10.3. The molecule has 5 heteroatoms. The molecule has 0 aromatic carbocycles. The number of ether oxygens (including phenoxy) is 3. The summed E-state index contributed by atoms with van der Waals surface area (Å²) in [5, 5.41) is 8.86. The summed E-state index contributed by atoms with van der Waals surface area (Å²) in [5.41, 5.74) is 0.525. The molecular weight excluding hydrogens is 186 g/mol. The highest BCUT2D eigenvalue weighted by Crippen LogP contribution is 2.26. The zero-order valence-corrected chi connectivity index (χ0v) is 8.19. The smallest absolute Gasteiger partial charge is 0.188 e. The number of aromatic nitrogens is 1. The number of aliphatic hydroxyl groups excluding tert-OH is 1. The predicted molar refractivity (Wildman–Crippen MR) is 49.2 cm³/mol. The Morgan fingerprint density at radius 3 is 2.71 bits per heavy atom. The second kappa shape index (κ2) is 5.41. The molecule has 0 amide bonds. The van der Waals surface area contributed by atoms with E-state index in [1.165, 1.54) is 20.4 Å². The van der Waals surface area contributed by atoms with Crippen LogP contribution < -0.4 is 9.47 Å². The first-order valence-electron chi connectivity index (χ1n) is 4.07. The zero-order chi connectivity index (χ0) is 10.4. The molecule has 0 fully saturated rings. The Bertz CT molecular complexity index is 290. The second-order valence-corrected chi connectivity index (χ2v) is 2.54. The van der Waals surface area contributed by atoms with Crippen LogP contribution in [0.15, 0.2) is 12.3 Å². The third-order valence-electron chi connectivity index (χ3n) is 1.60. The van der Waals surface area contributed by atoms with E-state index in [1.54, 1.807) is 6.07 Å². The van der Waals surface area contributed by atoms with Gasteiger partial charge >= 0.3 is 0 Å². The maximum Gasteiger partial charge on any atom is 0.188 e. The fourth-order valence-corrected chi connectivity index (χ4v) is 0.940. The lowest BCUT2D eigenvalue weighted by molar-refractivity contribution is 0.0489. The van der Waals surface area contributed by atoms with Gasteiger partial charge < -0.3 is 19.3 Å². The lowest BCUT2D eigenvalue weighted by Gasteiger charge is -2.09.